The molecule has 0 aliphatic carbocycles. The molecule has 0 heterocycles. The van der Waals surface area contributed by atoms with Crippen LogP contribution in [0.1, 0.15) is 35.7 Å². The molecule has 3 N–H and O–H groups in total. The van der Waals surface area contributed by atoms with E-state index in [9.17, 15) is 9.90 Å². The largest absolute Gasteiger partial charge is 0.394 e. The molecule has 0 bridgehead atoms. The Hall–Kier alpha value is -2.84. The highest BCUT2D eigenvalue weighted by Gasteiger charge is 2.15. The minimum Gasteiger partial charge on any atom is -0.394 e. The Kier molecular flexibility index (Phi) is 5.73. The molecule has 0 aliphatic rings. The number of benzene rings is 2. The lowest BCUT2D eigenvalue weighted by molar-refractivity contribution is 0.214. The van der Waals surface area contributed by atoms with Crippen molar-refractivity contribution in [1.82, 2.24) is 10.6 Å². The van der Waals surface area contributed by atoms with Gasteiger partial charge in [0.05, 0.1) is 30.3 Å². The lowest BCUT2D eigenvalue weighted by atomic mass is 10.1. The van der Waals surface area contributed by atoms with E-state index in [0.717, 1.165) is 11.1 Å². The third-order valence-corrected chi connectivity index (χ3v) is 3.58. The Morgan fingerprint density at radius 2 is 1.74 bits per heavy atom. The van der Waals surface area contributed by atoms with Crippen LogP contribution in [0.5, 0.6) is 0 Å². The van der Waals surface area contributed by atoms with Gasteiger partial charge in [-0.05, 0) is 30.2 Å². The summed E-state index contributed by atoms with van der Waals surface area (Å²) in [4.78, 5) is 12.1. The monoisotopic (exact) mass is 309 g/mol. The minimum atomic E-state index is -0.454. The van der Waals surface area contributed by atoms with Gasteiger partial charge in [0.25, 0.3) is 0 Å². The summed E-state index contributed by atoms with van der Waals surface area (Å²) in [5.74, 6) is 0. The molecule has 118 valence electrons. The lowest BCUT2D eigenvalue weighted by Gasteiger charge is -2.20. The Balaban J connectivity index is 1.96. The number of aliphatic hydroxyl groups is 1. The van der Waals surface area contributed by atoms with Crippen molar-refractivity contribution in [1.29, 1.82) is 5.26 Å². The minimum absolute atomic E-state index is 0.178. The number of nitriles is 1. The fourth-order valence-corrected chi connectivity index (χ4v) is 2.25. The van der Waals surface area contributed by atoms with Crippen LogP contribution in [-0.4, -0.2) is 17.7 Å². The number of nitrogens with zero attached hydrogens (tertiary/aromatic N) is 1. The van der Waals surface area contributed by atoms with E-state index in [2.05, 4.69) is 16.7 Å². The van der Waals surface area contributed by atoms with Crippen molar-refractivity contribution < 1.29 is 9.90 Å². The van der Waals surface area contributed by atoms with E-state index in [1.54, 1.807) is 12.1 Å². The number of carbonyl (C=O) groups is 1. The van der Waals surface area contributed by atoms with Gasteiger partial charge in [-0.15, -0.1) is 0 Å². The van der Waals surface area contributed by atoms with Crippen LogP contribution in [0.3, 0.4) is 0 Å². The van der Waals surface area contributed by atoms with Crippen molar-refractivity contribution >= 4 is 6.03 Å². The third kappa shape index (κ3) is 4.56. The van der Waals surface area contributed by atoms with Gasteiger partial charge in [0.2, 0.25) is 0 Å². The predicted octanol–water partition coefficient (Wildman–Crippen LogP) is 2.65. The van der Waals surface area contributed by atoms with Gasteiger partial charge in [0.15, 0.2) is 0 Å². The average Bonchev–Trinajstić information content (AvgIpc) is 2.60. The molecule has 2 aromatic rings. The Morgan fingerprint density at radius 3 is 2.30 bits per heavy atom. The van der Waals surface area contributed by atoms with Crippen LogP contribution in [0.4, 0.5) is 4.79 Å². The Morgan fingerprint density at radius 1 is 1.09 bits per heavy atom. The maximum atomic E-state index is 12.1. The van der Waals surface area contributed by atoms with Gasteiger partial charge in [0, 0.05) is 0 Å². The molecule has 0 aromatic heterocycles. The summed E-state index contributed by atoms with van der Waals surface area (Å²) in [6.45, 7) is 1.68. The van der Waals surface area contributed by atoms with E-state index < -0.39 is 6.04 Å². The molecule has 2 unspecified atom stereocenters. The van der Waals surface area contributed by atoms with Crippen molar-refractivity contribution in [2.45, 2.75) is 19.0 Å². The van der Waals surface area contributed by atoms with Crippen molar-refractivity contribution in [2.75, 3.05) is 6.61 Å². The molecule has 2 amide bonds. The highest BCUT2D eigenvalue weighted by atomic mass is 16.3. The number of rotatable bonds is 5. The fraction of sp³-hybridized carbons (Fsp3) is 0.222. The number of carbonyl (C=O) groups excluding carboxylic acids is 1. The molecule has 0 saturated carbocycles. The zero-order chi connectivity index (χ0) is 16.7. The number of urea groups is 1. The molecule has 5 nitrogen and oxygen atoms in total. The van der Waals surface area contributed by atoms with Gasteiger partial charge in [0.1, 0.15) is 0 Å². The highest BCUT2D eigenvalue weighted by molar-refractivity contribution is 5.75. The fourth-order valence-electron chi connectivity index (χ4n) is 2.25. The molecule has 2 rings (SSSR count). The molecule has 0 aliphatic heterocycles. The van der Waals surface area contributed by atoms with Crippen LogP contribution in [0, 0.1) is 11.3 Å². The second-order valence-electron chi connectivity index (χ2n) is 5.22. The molecule has 0 spiro atoms. The van der Waals surface area contributed by atoms with Crippen LogP contribution in [-0.2, 0) is 0 Å². The quantitative estimate of drug-likeness (QED) is 0.793. The molecule has 2 atom stereocenters. The maximum absolute atomic E-state index is 12.1. The second kappa shape index (κ2) is 7.97. The molecule has 0 radical (unpaired) electrons. The summed E-state index contributed by atoms with van der Waals surface area (Å²) in [5, 5.41) is 23.8. The van der Waals surface area contributed by atoms with Crippen LogP contribution in [0.25, 0.3) is 0 Å². The third-order valence-electron chi connectivity index (χ3n) is 3.58. The van der Waals surface area contributed by atoms with Gasteiger partial charge in [-0.3, -0.25) is 0 Å². The zero-order valence-electron chi connectivity index (χ0n) is 12.9. The van der Waals surface area contributed by atoms with E-state index in [-0.39, 0.29) is 18.7 Å². The van der Waals surface area contributed by atoms with Gasteiger partial charge >= 0.3 is 6.03 Å². The van der Waals surface area contributed by atoms with Gasteiger partial charge < -0.3 is 15.7 Å². The standard InChI is InChI=1S/C18H19N3O2/c1-13(15-9-7-14(11-19)8-10-15)20-18(23)21-17(12-22)16-5-3-2-4-6-16/h2-10,13,17,22H,12H2,1H3,(H2,20,21,23). The first kappa shape index (κ1) is 16.5. The molecule has 2 aromatic carbocycles. The van der Waals surface area contributed by atoms with Crippen LogP contribution in [0.15, 0.2) is 54.6 Å². The Bertz CT molecular complexity index is 678. The number of aliphatic hydroxyl groups excluding tert-OH is 1. The van der Waals surface area contributed by atoms with E-state index in [1.807, 2.05) is 49.4 Å². The molecule has 5 heteroatoms. The average molecular weight is 309 g/mol. The molecular formula is C18H19N3O2. The molecule has 0 saturated heterocycles. The normalized spacial score (nSPS) is 12.7. The van der Waals surface area contributed by atoms with Crippen molar-refractivity contribution in [3.63, 3.8) is 0 Å². The summed E-state index contributed by atoms with van der Waals surface area (Å²) >= 11 is 0. The van der Waals surface area contributed by atoms with E-state index in [4.69, 9.17) is 5.26 Å². The number of amides is 2. The number of nitrogens with one attached hydrogen (secondary N) is 2. The van der Waals surface area contributed by atoms with Gasteiger partial charge in [-0.25, -0.2) is 4.79 Å². The van der Waals surface area contributed by atoms with Crippen molar-refractivity contribution in [2.24, 2.45) is 0 Å². The van der Waals surface area contributed by atoms with Gasteiger partial charge in [-0.1, -0.05) is 42.5 Å². The number of hydrogen-bond acceptors (Lipinski definition) is 3. The summed E-state index contributed by atoms with van der Waals surface area (Å²) in [7, 11) is 0. The first-order valence-corrected chi connectivity index (χ1v) is 7.37. The maximum Gasteiger partial charge on any atom is 0.315 e. The smallest absolute Gasteiger partial charge is 0.315 e. The van der Waals surface area contributed by atoms with E-state index >= 15 is 0 Å². The first-order valence-electron chi connectivity index (χ1n) is 7.37. The predicted molar refractivity (Wildman–Crippen MR) is 87.5 cm³/mol. The van der Waals surface area contributed by atoms with E-state index in [0.29, 0.717) is 5.56 Å². The second-order valence-corrected chi connectivity index (χ2v) is 5.22. The topological polar surface area (TPSA) is 85.2 Å². The number of hydrogen-bond donors (Lipinski definition) is 3. The summed E-state index contributed by atoms with van der Waals surface area (Å²) in [5.41, 5.74) is 2.32. The Labute approximate surface area is 135 Å². The lowest BCUT2D eigenvalue weighted by Crippen LogP contribution is -2.40. The zero-order valence-corrected chi connectivity index (χ0v) is 12.9. The molecule has 0 fully saturated rings. The summed E-state index contributed by atoms with van der Waals surface area (Å²) in [6.07, 6.45) is 0. The van der Waals surface area contributed by atoms with Crippen LogP contribution >= 0.6 is 0 Å². The SMILES string of the molecule is CC(NC(=O)NC(CO)c1ccccc1)c1ccc(C#N)cc1. The summed E-state index contributed by atoms with van der Waals surface area (Å²) < 4.78 is 0. The van der Waals surface area contributed by atoms with Crippen LogP contribution in [0.2, 0.25) is 0 Å². The molecular weight excluding hydrogens is 290 g/mol. The highest BCUT2D eigenvalue weighted by Crippen LogP contribution is 2.14. The first-order chi connectivity index (χ1) is 11.1. The molecule has 23 heavy (non-hydrogen) atoms. The van der Waals surface area contributed by atoms with Crippen LogP contribution < -0.4 is 10.6 Å². The van der Waals surface area contributed by atoms with Crippen molar-refractivity contribution in [3.05, 3.63) is 71.3 Å². The van der Waals surface area contributed by atoms with Gasteiger partial charge in [-0.2, -0.15) is 5.26 Å². The van der Waals surface area contributed by atoms with E-state index in [1.165, 1.54) is 0 Å². The summed E-state index contributed by atoms with van der Waals surface area (Å²) in [6, 6.07) is 17.4. The van der Waals surface area contributed by atoms with Crippen molar-refractivity contribution in [3.8, 4) is 6.07 Å².